The third-order valence-corrected chi connectivity index (χ3v) is 3.43. The molecular weight excluding hydrogens is 299 g/mol. The van der Waals surface area contributed by atoms with E-state index in [0.29, 0.717) is 18.7 Å². The average Bonchev–Trinajstić information content (AvgIpc) is 2.96. The number of aromatic amines is 1. The Morgan fingerprint density at radius 2 is 2.23 bits per heavy atom. The third-order valence-electron chi connectivity index (χ3n) is 3.43. The van der Waals surface area contributed by atoms with Gasteiger partial charge < -0.3 is 9.64 Å². The lowest BCUT2D eigenvalue weighted by Gasteiger charge is -2.26. The van der Waals surface area contributed by atoms with Crippen LogP contribution < -0.4 is 9.64 Å². The molecule has 0 unspecified atom stereocenters. The Kier molecular flexibility index (Phi) is 3.74. The second-order valence-corrected chi connectivity index (χ2v) is 4.81. The number of aryl methyl sites for hydroxylation is 1. The predicted octanol–water partition coefficient (Wildman–Crippen LogP) is 2.74. The number of amides is 1. The Hall–Kier alpha value is -2.51. The fraction of sp³-hybridized carbons (Fsp3) is 0.286. The molecule has 116 valence electrons. The number of H-pyrrole nitrogens is 1. The molecule has 0 radical (unpaired) electrons. The zero-order valence-electron chi connectivity index (χ0n) is 11.4. The van der Waals surface area contributed by atoms with E-state index in [0.717, 1.165) is 30.3 Å². The number of hydrogen-bond acceptors (Lipinski definition) is 3. The molecule has 1 aromatic heterocycles. The van der Waals surface area contributed by atoms with Gasteiger partial charge in [0.2, 0.25) is 0 Å². The minimum Gasteiger partial charge on any atom is -0.435 e. The van der Waals surface area contributed by atoms with Crippen molar-refractivity contribution in [2.24, 2.45) is 0 Å². The predicted molar refractivity (Wildman–Crippen MR) is 71.6 cm³/mol. The summed E-state index contributed by atoms with van der Waals surface area (Å²) in [6.07, 6.45) is 2.94. The first kappa shape index (κ1) is 14.4. The minimum atomic E-state index is -3.04. The molecule has 0 aliphatic carbocycles. The SMILES string of the molecule is O=C(c1cc(OC(F)F)ccc1F)N1CCCc2[nH]ncc21. The molecule has 1 aliphatic heterocycles. The quantitative estimate of drug-likeness (QED) is 0.948. The van der Waals surface area contributed by atoms with Gasteiger partial charge in [-0.1, -0.05) is 0 Å². The molecule has 8 heteroatoms. The lowest BCUT2D eigenvalue weighted by Crippen LogP contribution is -2.35. The summed E-state index contributed by atoms with van der Waals surface area (Å²) in [6, 6.07) is 2.97. The van der Waals surface area contributed by atoms with E-state index in [2.05, 4.69) is 14.9 Å². The fourth-order valence-corrected chi connectivity index (χ4v) is 2.46. The molecule has 1 N–H and O–H groups in total. The van der Waals surface area contributed by atoms with Crippen LogP contribution in [0.2, 0.25) is 0 Å². The molecule has 22 heavy (non-hydrogen) atoms. The number of carbonyl (C=O) groups excluding carboxylic acids is 1. The van der Waals surface area contributed by atoms with Crippen LogP contribution in [-0.2, 0) is 6.42 Å². The molecular formula is C14H12F3N3O2. The standard InChI is InChI=1S/C14H12F3N3O2/c15-10-4-3-8(22-14(16)17)6-9(10)13(21)20-5-1-2-11-12(20)7-18-19-11/h3-4,6-7,14H,1-2,5H2,(H,18,19). The van der Waals surface area contributed by atoms with Gasteiger partial charge in [0.05, 0.1) is 23.1 Å². The Morgan fingerprint density at radius 3 is 3.00 bits per heavy atom. The van der Waals surface area contributed by atoms with Crippen molar-refractivity contribution in [1.29, 1.82) is 0 Å². The van der Waals surface area contributed by atoms with Gasteiger partial charge >= 0.3 is 6.61 Å². The van der Waals surface area contributed by atoms with Gasteiger partial charge in [-0.3, -0.25) is 9.89 Å². The van der Waals surface area contributed by atoms with Gasteiger partial charge in [0.1, 0.15) is 11.6 Å². The molecule has 0 saturated carbocycles. The molecule has 0 bridgehead atoms. The number of rotatable bonds is 3. The van der Waals surface area contributed by atoms with Crippen LogP contribution in [0.4, 0.5) is 18.9 Å². The summed E-state index contributed by atoms with van der Waals surface area (Å²) >= 11 is 0. The molecule has 5 nitrogen and oxygen atoms in total. The van der Waals surface area contributed by atoms with E-state index in [1.807, 2.05) is 0 Å². The summed E-state index contributed by atoms with van der Waals surface area (Å²) in [7, 11) is 0. The van der Waals surface area contributed by atoms with Crippen LogP contribution in [0.5, 0.6) is 5.75 Å². The largest absolute Gasteiger partial charge is 0.435 e. The smallest absolute Gasteiger partial charge is 0.387 e. The van der Waals surface area contributed by atoms with Crippen LogP contribution >= 0.6 is 0 Å². The Labute approximate surface area is 123 Å². The van der Waals surface area contributed by atoms with E-state index in [-0.39, 0.29) is 11.3 Å². The van der Waals surface area contributed by atoms with Crippen LogP contribution in [0.15, 0.2) is 24.4 Å². The summed E-state index contributed by atoms with van der Waals surface area (Å²) in [4.78, 5) is 13.9. The van der Waals surface area contributed by atoms with Crippen LogP contribution in [0.25, 0.3) is 0 Å². The number of anilines is 1. The van der Waals surface area contributed by atoms with E-state index in [4.69, 9.17) is 0 Å². The van der Waals surface area contributed by atoms with Gasteiger partial charge in [0.25, 0.3) is 5.91 Å². The summed E-state index contributed by atoms with van der Waals surface area (Å²) in [6.45, 7) is -2.63. The number of aromatic nitrogens is 2. The Bertz CT molecular complexity index is 702. The molecule has 0 spiro atoms. The minimum absolute atomic E-state index is 0.260. The third kappa shape index (κ3) is 2.63. The summed E-state index contributed by atoms with van der Waals surface area (Å²) in [5.74, 6) is -1.66. The monoisotopic (exact) mass is 311 g/mol. The number of hydrogen-bond donors (Lipinski definition) is 1. The zero-order chi connectivity index (χ0) is 15.7. The summed E-state index contributed by atoms with van der Waals surface area (Å²) in [5, 5.41) is 6.66. The number of fused-ring (bicyclic) bond motifs is 1. The topological polar surface area (TPSA) is 58.2 Å². The molecule has 2 aromatic rings. The van der Waals surface area contributed by atoms with Crippen LogP contribution in [-0.4, -0.2) is 29.3 Å². The van der Waals surface area contributed by atoms with Crippen molar-refractivity contribution in [3.05, 3.63) is 41.5 Å². The van der Waals surface area contributed by atoms with Crippen molar-refractivity contribution in [3.8, 4) is 5.75 Å². The number of ether oxygens (including phenoxy) is 1. The summed E-state index contributed by atoms with van der Waals surface area (Å²) < 4.78 is 42.6. The first-order valence-corrected chi connectivity index (χ1v) is 6.64. The molecule has 0 atom stereocenters. The van der Waals surface area contributed by atoms with E-state index >= 15 is 0 Å². The molecule has 1 aromatic carbocycles. The molecule has 1 amide bonds. The maximum Gasteiger partial charge on any atom is 0.387 e. The normalized spacial score (nSPS) is 14.1. The molecule has 0 saturated heterocycles. The second-order valence-electron chi connectivity index (χ2n) is 4.81. The van der Waals surface area contributed by atoms with E-state index in [9.17, 15) is 18.0 Å². The Balaban J connectivity index is 1.93. The van der Waals surface area contributed by atoms with Crippen molar-refractivity contribution in [3.63, 3.8) is 0 Å². The number of nitrogens with one attached hydrogen (secondary N) is 1. The van der Waals surface area contributed by atoms with E-state index in [1.165, 1.54) is 11.1 Å². The lowest BCUT2D eigenvalue weighted by molar-refractivity contribution is -0.0499. The highest BCUT2D eigenvalue weighted by molar-refractivity contribution is 6.07. The average molecular weight is 311 g/mol. The van der Waals surface area contributed by atoms with Crippen molar-refractivity contribution in [1.82, 2.24) is 10.2 Å². The van der Waals surface area contributed by atoms with Crippen molar-refractivity contribution >= 4 is 11.6 Å². The summed E-state index contributed by atoms with van der Waals surface area (Å²) in [5.41, 5.74) is 1.06. The highest BCUT2D eigenvalue weighted by Gasteiger charge is 2.27. The van der Waals surface area contributed by atoms with E-state index in [1.54, 1.807) is 0 Å². The van der Waals surface area contributed by atoms with Gasteiger partial charge in [-0.15, -0.1) is 0 Å². The van der Waals surface area contributed by atoms with Crippen LogP contribution in [0, 0.1) is 5.82 Å². The molecule has 0 fully saturated rings. The number of benzene rings is 1. The maximum absolute atomic E-state index is 13.9. The van der Waals surface area contributed by atoms with Gasteiger partial charge in [-0.05, 0) is 31.0 Å². The van der Waals surface area contributed by atoms with Crippen LogP contribution in [0.1, 0.15) is 22.5 Å². The lowest BCUT2D eigenvalue weighted by atomic mass is 10.1. The van der Waals surface area contributed by atoms with Gasteiger partial charge in [0, 0.05) is 6.54 Å². The zero-order valence-corrected chi connectivity index (χ0v) is 11.4. The van der Waals surface area contributed by atoms with Crippen molar-refractivity contribution < 1.29 is 22.7 Å². The van der Waals surface area contributed by atoms with Crippen LogP contribution in [0.3, 0.4) is 0 Å². The molecule has 3 rings (SSSR count). The molecule has 2 heterocycles. The van der Waals surface area contributed by atoms with Crippen molar-refractivity contribution in [2.45, 2.75) is 19.5 Å². The van der Waals surface area contributed by atoms with Gasteiger partial charge in [-0.2, -0.15) is 13.9 Å². The van der Waals surface area contributed by atoms with Gasteiger partial charge in [0.15, 0.2) is 0 Å². The first-order chi connectivity index (χ1) is 10.6. The number of carbonyl (C=O) groups is 1. The maximum atomic E-state index is 13.9. The number of alkyl halides is 2. The number of nitrogens with zero attached hydrogens (tertiary/aromatic N) is 2. The second kappa shape index (κ2) is 5.70. The first-order valence-electron chi connectivity index (χ1n) is 6.64. The Morgan fingerprint density at radius 1 is 1.41 bits per heavy atom. The highest BCUT2D eigenvalue weighted by atomic mass is 19.3. The van der Waals surface area contributed by atoms with E-state index < -0.39 is 18.3 Å². The van der Waals surface area contributed by atoms with Gasteiger partial charge in [-0.25, -0.2) is 4.39 Å². The number of halogens is 3. The highest BCUT2D eigenvalue weighted by Crippen LogP contribution is 2.28. The molecule has 1 aliphatic rings. The fourth-order valence-electron chi connectivity index (χ4n) is 2.46. The van der Waals surface area contributed by atoms with Crippen molar-refractivity contribution in [2.75, 3.05) is 11.4 Å².